The highest BCUT2D eigenvalue weighted by Crippen LogP contribution is 2.29. The Hall–Kier alpha value is -0.610. The number of nitrogens with two attached hydrogens (primary N) is 1. The fraction of sp³-hybridized carbons (Fsp3) is 0.571. The average Bonchev–Trinajstić information content (AvgIpc) is 2.85. The molecule has 2 rings (SSSR count). The van der Waals surface area contributed by atoms with Crippen LogP contribution in [0.1, 0.15) is 37.3 Å². The van der Waals surface area contributed by atoms with E-state index < -0.39 is 17.7 Å². The standard InChI is InChI=1S/C14H19F2NS/c15-11-5-6-13(16)12(7-11)14(17)9-18-8-10-3-1-2-4-10/h5-7,10,14H,1-4,8-9,17H2. The van der Waals surface area contributed by atoms with Crippen LogP contribution in [0.5, 0.6) is 0 Å². The minimum Gasteiger partial charge on any atom is -0.323 e. The molecule has 1 fully saturated rings. The molecule has 1 unspecified atom stereocenters. The molecule has 0 amide bonds. The molecule has 1 aromatic rings. The maximum absolute atomic E-state index is 13.5. The van der Waals surface area contributed by atoms with Gasteiger partial charge < -0.3 is 5.73 Å². The zero-order valence-corrected chi connectivity index (χ0v) is 11.2. The maximum atomic E-state index is 13.5. The first-order chi connectivity index (χ1) is 8.66. The van der Waals surface area contributed by atoms with Crippen molar-refractivity contribution < 1.29 is 8.78 Å². The van der Waals surface area contributed by atoms with Crippen molar-refractivity contribution in [1.29, 1.82) is 0 Å². The number of thioether (sulfide) groups is 1. The van der Waals surface area contributed by atoms with Crippen molar-refractivity contribution in [2.24, 2.45) is 11.7 Å². The summed E-state index contributed by atoms with van der Waals surface area (Å²) in [5.74, 6) is 1.69. The Balaban J connectivity index is 1.83. The fourth-order valence-electron chi connectivity index (χ4n) is 2.43. The third-order valence-corrected chi connectivity index (χ3v) is 4.79. The molecule has 1 aliphatic rings. The van der Waals surface area contributed by atoms with Gasteiger partial charge in [-0.1, -0.05) is 12.8 Å². The zero-order chi connectivity index (χ0) is 13.0. The smallest absolute Gasteiger partial charge is 0.128 e. The number of halogens is 2. The van der Waals surface area contributed by atoms with Gasteiger partial charge in [0.05, 0.1) is 0 Å². The Morgan fingerprint density at radius 1 is 1.28 bits per heavy atom. The molecule has 1 atom stereocenters. The molecule has 0 heterocycles. The first-order valence-electron chi connectivity index (χ1n) is 6.45. The van der Waals surface area contributed by atoms with Crippen molar-refractivity contribution in [3.8, 4) is 0 Å². The topological polar surface area (TPSA) is 26.0 Å². The van der Waals surface area contributed by atoms with Crippen molar-refractivity contribution in [3.05, 3.63) is 35.4 Å². The van der Waals surface area contributed by atoms with E-state index in [1.807, 2.05) is 0 Å². The zero-order valence-electron chi connectivity index (χ0n) is 10.4. The molecule has 18 heavy (non-hydrogen) atoms. The number of benzene rings is 1. The van der Waals surface area contributed by atoms with Crippen LogP contribution in [0, 0.1) is 17.6 Å². The van der Waals surface area contributed by atoms with Gasteiger partial charge in [-0.15, -0.1) is 0 Å². The van der Waals surface area contributed by atoms with Gasteiger partial charge in [0.25, 0.3) is 0 Å². The van der Waals surface area contributed by atoms with E-state index in [0.717, 1.165) is 23.8 Å². The summed E-state index contributed by atoms with van der Waals surface area (Å²) in [6.07, 6.45) is 5.26. The molecule has 0 radical (unpaired) electrons. The highest BCUT2D eigenvalue weighted by atomic mass is 32.2. The fourth-order valence-corrected chi connectivity index (χ4v) is 3.66. The van der Waals surface area contributed by atoms with Crippen molar-refractivity contribution >= 4 is 11.8 Å². The second-order valence-corrected chi connectivity index (χ2v) is 6.04. The first-order valence-corrected chi connectivity index (χ1v) is 7.60. The van der Waals surface area contributed by atoms with E-state index in [-0.39, 0.29) is 5.56 Å². The number of rotatable bonds is 5. The molecule has 0 bridgehead atoms. The van der Waals surface area contributed by atoms with E-state index in [0.29, 0.717) is 5.75 Å². The van der Waals surface area contributed by atoms with Gasteiger partial charge in [0.2, 0.25) is 0 Å². The van der Waals surface area contributed by atoms with E-state index in [9.17, 15) is 8.78 Å². The molecule has 100 valence electrons. The van der Waals surface area contributed by atoms with Gasteiger partial charge in [-0.05, 0) is 42.7 Å². The number of hydrogen-bond acceptors (Lipinski definition) is 2. The van der Waals surface area contributed by atoms with Crippen LogP contribution in [0.4, 0.5) is 8.78 Å². The Labute approximate surface area is 111 Å². The van der Waals surface area contributed by atoms with Crippen molar-refractivity contribution in [3.63, 3.8) is 0 Å². The Bertz CT molecular complexity index is 391. The summed E-state index contributed by atoms with van der Waals surface area (Å²) < 4.78 is 26.5. The van der Waals surface area contributed by atoms with Crippen molar-refractivity contribution in [2.45, 2.75) is 31.7 Å². The normalized spacial score (nSPS) is 18.2. The first kappa shape index (κ1) is 13.8. The van der Waals surface area contributed by atoms with Crippen LogP contribution in [0.15, 0.2) is 18.2 Å². The largest absolute Gasteiger partial charge is 0.323 e. The Morgan fingerprint density at radius 3 is 2.72 bits per heavy atom. The molecule has 0 aliphatic heterocycles. The van der Waals surface area contributed by atoms with E-state index >= 15 is 0 Å². The van der Waals surface area contributed by atoms with E-state index in [2.05, 4.69) is 0 Å². The van der Waals surface area contributed by atoms with E-state index in [1.165, 1.54) is 31.7 Å². The monoisotopic (exact) mass is 271 g/mol. The molecular weight excluding hydrogens is 252 g/mol. The molecule has 1 saturated carbocycles. The minimum atomic E-state index is -0.428. The lowest BCUT2D eigenvalue weighted by atomic mass is 10.1. The highest BCUT2D eigenvalue weighted by molar-refractivity contribution is 7.99. The predicted octanol–water partition coefficient (Wildman–Crippen LogP) is 3.89. The summed E-state index contributed by atoms with van der Waals surface area (Å²) >= 11 is 1.75. The van der Waals surface area contributed by atoms with Gasteiger partial charge in [0.1, 0.15) is 11.6 Å². The molecule has 0 spiro atoms. The van der Waals surface area contributed by atoms with Gasteiger partial charge in [0, 0.05) is 17.4 Å². The second-order valence-electron chi connectivity index (χ2n) is 4.96. The molecule has 1 aliphatic carbocycles. The summed E-state index contributed by atoms with van der Waals surface area (Å²) in [4.78, 5) is 0. The lowest BCUT2D eigenvalue weighted by molar-refractivity contribution is 0.572. The average molecular weight is 271 g/mol. The Kier molecular flexibility index (Phi) is 5.01. The SMILES string of the molecule is NC(CSCC1CCCC1)c1cc(F)ccc1F. The van der Waals surface area contributed by atoms with Gasteiger partial charge in [-0.25, -0.2) is 8.78 Å². The van der Waals surface area contributed by atoms with Gasteiger partial charge >= 0.3 is 0 Å². The predicted molar refractivity (Wildman–Crippen MR) is 72.6 cm³/mol. The third kappa shape index (κ3) is 3.69. The molecule has 0 saturated heterocycles. The molecule has 4 heteroatoms. The molecule has 0 aromatic heterocycles. The van der Waals surface area contributed by atoms with Gasteiger partial charge in [0.15, 0.2) is 0 Å². The van der Waals surface area contributed by atoms with Crippen LogP contribution in [0.3, 0.4) is 0 Å². The summed E-state index contributed by atoms with van der Waals surface area (Å²) in [5.41, 5.74) is 6.21. The summed E-state index contributed by atoms with van der Waals surface area (Å²) in [7, 11) is 0. The third-order valence-electron chi connectivity index (χ3n) is 3.48. The van der Waals surface area contributed by atoms with Crippen LogP contribution in [-0.4, -0.2) is 11.5 Å². The van der Waals surface area contributed by atoms with Crippen LogP contribution >= 0.6 is 11.8 Å². The molecular formula is C14H19F2NS. The number of hydrogen-bond donors (Lipinski definition) is 1. The Morgan fingerprint density at radius 2 is 2.00 bits per heavy atom. The summed E-state index contributed by atoms with van der Waals surface area (Å²) in [5, 5.41) is 0. The highest BCUT2D eigenvalue weighted by Gasteiger charge is 2.17. The lowest BCUT2D eigenvalue weighted by Crippen LogP contribution is -2.16. The van der Waals surface area contributed by atoms with Crippen LogP contribution < -0.4 is 5.73 Å². The molecule has 1 nitrogen and oxygen atoms in total. The van der Waals surface area contributed by atoms with Crippen LogP contribution in [0.25, 0.3) is 0 Å². The molecule has 1 aromatic carbocycles. The quantitative estimate of drug-likeness (QED) is 0.879. The van der Waals surface area contributed by atoms with Crippen molar-refractivity contribution in [1.82, 2.24) is 0 Å². The van der Waals surface area contributed by atoms with E-state index in [4.69, 9.17) is 5.73 Å². The molecule has 2 N–H and O–H groups in total. The summed E-state index contributed by atoms with van der Waals surface area (Å²) in [6.45, 7) is 0. The van der Waals surface area contributed by atoms with E-state index in [1.54, 1.807) is 11.8 Å². The van der Waals surface area contributed by atoms with Gasteiger partial charge in [-0.2, -0.15) is 11.8 Å². The van der Waals surface area contributed by atoms with Crippen LogP contribution in [0.2, 0.25) is 0 Å². The summed E-state index contributed by atoms with van der Waals surface area (Å²) in [6, 6.07) is 3.05. The van der Waals surface area contributed by atoms with Gasteiger partial charge in [-0.3, -0.25) is 0 Å². The maximum Gasteiger partial charge on any atom is 0.128 e. The van der Waals surface area contributed by atoms with Crippen molar-refractivity contribution in [2.75, 3.05) is 11.5 Å². The second kappa shape index (κ2) is 6.53. The lowest BCUT2D eigenvalue weighted by Gasteiger charge is -2.14. The van der Waals surface area contributed by atoms with Crippen LogP contribution in [-0.2, 0) is 0 Å². The minimum absolute atomic E-state index is 0.286.